The Kier molecular flexibility index (Phi) is 2.55. The van der Waals surface area contributed by atoms with E-state index in [9.17, 15) is 0 Å². The summed E-state index contributed by atoms with van der Waals surface area (Å²) < 4.78 is 5.04. The van der Waals surface area contributed by atoms with Gasteiger partial charge in [0.05, 0.1) is 5.88 Å². The number of benzene rings is 1. The van der Waals surface area contributed by atoms with E-state index in [-0.39, 0.29) is 0 Å². The standard InChI is InChI=1S/C11H10ClNO/c1-8-4-2-3-5-10(8)11-6-9(7-12)14-13-11/h2-6H,7H2,1H3. The van der Waals surface area contributed by atoms with Gasteiger partial charge in [0.1, 0.15) is 5.69 Å². The molecule has 0 atom stereocenters. The van der Waals surface area contributed by atoms with Crippen molar-refractivity contribution in [2.75, 3.05) is 0 Å². The molecule has 1 aromatic heterocycles. The van der Waals surface area contributed by atoms with Crippen LogP contribution in [0, 0.1) is 6.92 Å². The Morgan fingerprint density at radius 1 is 1.36 bits per heavy atom. The van der Waals surface area contributed by atoms with Crippen LogP contribution in [0.1, 0.15) is 11.3 Å². The average molecular weight is 208 g/mol. The second-order valence-corrected chi connectivity index (χ2v) is 3.39. The first-order valence-electron chi connectivity index (χ1n) is 4.39. The van der Waals surface area contributed by atoms with E-state index in [1.165, 1.54) is 5.56 Å². The summed E-state index contributed by atoms with van der Waals surface area (Å²) >= 11 is 5.63. The van der Waals surface area contributed by atoms with Crippen LogP contribution >= 0.6 is 11.6 Å². The van der Waals surface area contributed by atoms with E-state index >= 15 is 0 Å². The maximum atomic E-state index is 5.63. The molecule has 0 fully saturated rings. The van der Waals surface area contributed by atoms with Gasteiger partial charge in [-0.3, -0.25) is 0 Å². The van der Waals surface area contributed by atoms with Gasteiger partial charge in [0.2, 0.25) is 0 Å². The molecule has 0 unspecified atom stereocenters. The van der Waals surface area contributed by atoms with Crippen LogP contribution in [0.3, 0.4) is 0 Å². The van der Waals surface area contributed by atoms with Gasteiger partial charge in [-0.1, -0.05) is 29.4 Å². The number of aromatic nitrogens is 1. The number of aryl methyl sites for hydroxylation is 1. The monoisotopic (exact) mass is 207 g/mol. The number of rotatable bonds is 2. The van der Waals surface area contributed by atoms with Crippen molar-refractivity contribution in [3.05, 3.63) is 41.7 Å². The van der Waals surface area contributed by atoms with Crippen LogP contribution in [-0.4, -0.2) is 5.16 Å². The van der Waals surface area contributed by atoms with Crippen molar-refractivity contribution in [3.63, 3.8) is 0 Å². The highest BCUT2D eigenvalue weighted by Gasteiger charge is 2.06. The molecule has 14 heavy (non-hydrogen) atoms. The molecule has 0 spiro atoms. The first kappa shape index (κ1) is 9.28. The predicted molar refractivity (Wildman–Crippen MR) is 56.2 cm³/mol. The smallest absolute Gasteiger partial charge is 0.152 e. The summed E-state index contributed by atoms with van der Waals surface area (Å²) in [4.78, 5) is 0. The van der Waals surface area contributed by atoms with Crippen LogP contribution in [-0.2, 0) is 5.88 Å². The quantitative estimate of drug-likeness (QED) is 0.706. The number of nitrogens with zero attached hydrogens (tertiary/aromatic N) is 1. The van der Waals surface area contributed by atoms with Crippen LogP contribution < -0.4 is 0 Å². The maximum Gasteiger partial charge on any atom is 0.152 e. The van der Waals surface area contributed by atoms with E-state index in [1.807, 2.05) is 37.3 Å². The first-order chi connectivity index (χ1) is 6.81. The fraction of sp³-hybridized carbons (Fsp3) is 0.182. The maximum absolute atomic E-state index is 5.63. The Bertz CT molecular complexity index is 436. The lowest BCUT2D eigenvalue weighted by atomic mass is 10.1. The summed E-state index contributed by atoms with van der Waals surface area (Å²) in [7, 11) is 0. The van der Waals surface area contributed by atoms with Gasteiger partial charge in [0.15, 0.2) is 5.76 Å². The summed E-state index contributed by atoms with van der Waals surface area (Å²) in [6.07, 6.45) is 0. The summed E-state index contributed by atoms with van der Waals surface area (Å²) in [5.74, 6) is 1.06. The third-order valence-corrected chi connectivity index (χ3v) is 2.38. The van der Waals surface area contributed by atoms with Gasteiger partial charge < -0.3 is 4.52 Å². The minimum atomic E-state index is 0.360. The molecule has 0 saturated carbocycles. The van der Waals surface area contributed by atoms with Crippen molar-refractivity contribution >= 4 is 11.6 Å². The molecule has 2 nitrogen and oxygen atoms in total. The topological polar surface area (TPSA) is 26.0 Å². The Balaban J connectivity index is 2.44. The molecule has 2 aromatic rings. The van der Waals surface area contributed by atoms with Gasteiger partial charge in [-0.2, -0.15) is 0 Å². The van der Waals surface area contributed by atoms with Gasteiger partial charge in [0.25, 0.3) is 0 Å². The number of alkyl halides is 1. The normalized spacial score (nSPS) is 10.4. The Morgan fingerprint density at radius 3 is 2.79 bits per heavy atom. The van der Waals surface area contributed by atoms with E-state index in [0.29, 0.717) is 11.6 Å². The lowest BCUT2D eigenvalue weighted by Gasteiger charge is -1.98. The SMILES string of the molecule is Cc1ccccc1-c1cc(CCl)on1. The molecule has 3 heteroatoms. The predicted octanol–water partition coefficient (Wildman–Crippen LogP) is 3.39. The van der Waals surface area contributed by atoms with Crippen molar-refractivity contribution < 1.29 is 4.52 Å². The van der Waals surface area contributed by atoms with E-state index in [1.54, 1.807) is 0 Å². The highest BCUT2D eigenvalue weighted by atomic mass is 35.5. The first-order valence-corrected chi connectivity index (χ1v) is 4.92. The van der Waals surface area contributed by atoms with E-state index in [0.717, 1.165) is 11.3 Å². The number of hydrogen-bond donors (Lipinski definition) is 0. The zero-order valence-corrected chi connectivity index (χ0v) is 8.58. The molecule has 0 aliphatic carbocycles. The third kappa shape index (κ3) is 1.66. The van der Waals surface area contributed by atoms with E-state index in [4.69, 9.17) is 16.1 Å². The fourth-order valence-electron chi connectivity index (χ4n) is 1.36. The molecule has 0 amide bonds. The van der Waals surface area contributed by atoms with E-state index < -0.39 is 0 Å². The highest BCUT2D eigenvalue weighted by molar-refractivity contribution is 6.16. The number of hydrogen-bond acceptors (Lipinski definition) is 2. The summed E-state index contributed by atoms with van der Waals surface area (Å²) in [6, 6.07) is 9.92. The average Bonchev–Trinajstić information content (AvgIpc) is 2.67. The molecule has 72 valence electrons. The molecule has 0 aliphatic heterocycles. The molecular formula is C11H10ClNO. The van der Waals surface area contributed by atoms with Crippen molar-refractivity contribution in [2.45, 2.75) is 12.8 Å². The van der Waals surface area contributed by atoms with Crippen LogP contribution in [0.4, 0.5) is 0 Å². The van der Waals surface area contributed by atoms with Gasteiger partial charge in [-0.15, -0.1) is 11.6 Å². The third-order valence-electron chi connectivity index (χ3n) is 2.11. The van der Waals surface area contributed by atoms with Crippen LogP contribution in [0.5, 0.6) is 0 Å². The summed E-state index contributed by atoms with van der Waals surface area (Å²) in [6.45, 7) is 2.05. The zero-order chi connectivity index (χ0) is 9.97. The van der Waals surface area contributed by atoms with Crippen LogP contribution in [0.25, 0.3) is 11.3 Å². The summed E-state index contributed by atoms with van der Waals surface area (Å²) in [5.41, 5.74) is 3.12. The molecular weight excluding hydrogens is 198 g/mol. The highest BCUT2D eigenvalue weighted by Crippen LogP contribution is 2.22. The lowest BCUT2D eigenvalue weighted by Crippen LogP contribution is -1.81. The van der Waals surface area contributed by atoms with Crippen molar-refractivity contribution in [1.29, 1.82) is 0 Å². The molecule has 0 saturated heterocycles. The van der Waals surface area contributed by atoms with Gasteiger partial charge in [-0.25, -0.2) is 0 Å². The Hall–Kier alpha value is -1.28. The number of halogens is 1. The second-order valence-electron chi connectivity index (χ2n) is 3.13. The summed E-state index contributed by atoms with van der Waals surface area (Å²) in [5, 5.41) is 3.96. The largest absolute Gasteiger partial charge is 0.359 e. The molecule has 0 radical (unpaired) electrons. The molecule has 1 aromatic carbocycles. The van der Waals surface area contributed by atoms with Crippen molar-refractivity contribution in [3.8, 4) is 11.3 Å². The van der Waals surface area contributed by atoms with Gasteiger partial charge >= 0.3 is 0 Å². The van der Waals surface area contributed by atoms with Crippen LogP contribution in [0.2, 0.25) is 0 Å². The van der Waals surface area contributed by atoms with Crippen molar-refractivity contribution in [2.24, 2.45) is 0 Å². The molecule has 2 rings (SSSR count). The minimum absolute atomic E-state index is 0.360. The molecule has 1 heterocycles. The van der Waals surface area contributed by atoms with E-state index in [2.05, 4.69) is 5.16 Å². The lowest BCUT2D eigenvalue weighted by molar-refractivity contribution is 0.396. The fourth-order valence-corrected chi connectivity index (χ4v) is 1.49. The minimum Gasteiger partial charge on any atom is -0.359 e. The molecule has 0 N–H and O–H groups in total. The Morgan fingerprint density at radius 2 is 2.14 bits per heavy atom. The van der Waals surface area contributed by atoms with Gasteiger partial charge in [0, 0.05) is 11.6 Å². The Labute approximate surface area is 87.5 Å². The zero-order valence-electron chi connectivity index (χ0n) is 7.83. The van der Waals surface area contributed by atoms with Gasteiger partial charge in [-0.05, 0) is 12.5 Å². The second kappa shape index (κ2) is 3.84. The van der Waals surface area contributed by atoms with Crippen molar-refractivity contribution in [1.82, 2.24) is 5.16 Å². The molecule has 0 bridgehead atoms. The molecule has 0 aliphatic rings. The van der Waals surface area contributed by atoms with Crippen LogP contribution in [0.15, 0.2) is 34.9 Å².